The maximum absolute atomic E-state index is 11.7. The van der Waals surface area contributed by atoms with Crippen LogP contribution in [0.5, 0.6) is 0 Å². The second kappa shape index (κ2) is 3.75. The van der Waals surface area contributed by atoms with Gasteiger partial charge in [-0.3, -0.25) is 15.0 Å². The Morgan fingerprint density at radius 2 is 1.88 bits per heavy atom. The van der Waals surface area contributed by atoms with E-state index < -0.39 is 0 Å². The number of H-pyrrole nitrogens is 2. The molecule has 0 spiro atoms. The smallest absolute Gasteiger partial charge is 0.274 e. The van der Waals surface area contributed by atoms with Gasteiger partial charge in [0.15, 0.2) is 5.65 Å². The maximum atomic E-state index is 11.7. The van der Waals surface area contributed by atoms with E-state index >= 15 is 0 Å². The van der Waals surface area contributed by atoms with Gasteiger partial charge in [0.25, 0.3) is 5.56 Å². The Morgan fingerprint density at radius 1 is 1.12 bits per heavy atom. The molecule has 0 aliphatic carbocycles. The minimum Gasteiger partial charge on any atom is -0.281 e. The van der Waals surface area contributed by atoms with Crippen LogP contribution in [0, 0.1) is 0 Å². The Bertz CT molecular complexity index is 730. The van der Waals surface area contributed by atoms with Crippen molar-refractivity contribution >= 4 is 22.6 Å². The molecule has 3 rings (SSSR count). The largest absolute Gasteiger partial charge is 0.281 e. The molecule has 3 aromatic rings. The molecule has 84 valence electrons. The average molecular weight is 246 g/mol. The molecule has 0 radical (unpaired) electrons. The van der Waals surface area contributed by atoms with Gasteiger partial charge in [0.1, 0.15) is 5.15 Å². The van der Waals surface area contributed by atoms with Crippen LogP contribution in [0.1, 0.15) is 0 Å². The number of hydrogen-bond donors (Lipinski definition) is 2. The number of nitrogens with zero attached hydrogens (tertiary/aromatic N) is 1. The van der Waals surface area contributed by atoms with Gasteiger partial charge in [-0.05, 0) is 11.6 Å². The number of fused-ring (bicyclic) bond motifs is 1. The molecule has 17 heavy (non-hydrogen) atoms. The predicted octanol–water partition coefficient (Wildman–Crippen LogP) is 2.57. The van der Waals surface area contributed by atoms with E-state index in [0.29, 0.717) is 16.2 Å². The van der Waals surface area contributed by atoms with Crippen molar-refractivity contribution in [3.05, 3.63) is 51.9 Å². The summed E-state index contributed by atoms with van der Waals surface area (Å²) >= 11 is 5.94. The molecule has 1 aromatic carbocycles. The van der Waals surface area contributed by atoms with Crippen molar-refractivity contribution in [2.24, 2.45) is 0 Å². The van der Waals surface area contributed by atoms with Crippen LogP contribution in [0.15, 0.2) is 41.2 Å². The normalized spacial score (nSPS) is 10.9. The topological polar surface area (TPSA) is 61.5 Å². The maximum Gasteiger partial charge on any atom is 0.274 e. The number of nitrogens with one attached hydrogen (secondary N) is 2. The quantitative estimate of drug-likeness (QED) is 0.648. The minimum atomic E-state index is -0.192. The lowest BCUT2D eigenvalue weighted by molar-refractivity contribution is 1.06. The van der Waals surface area contributed by atoms with Crippen molar-refractivity contribution < 1.29 is 0 Å². The third kappa shape index (κ3) is 1.62. The highest BCUT2D eigenvalue weighted by Gasteiger charge is 2.11. The second-order valence-electron chi connectivity index (χ2n) is 3.66. The van der Waals surface area contributed by atoms with Gasteiger partial charge in [-0.1, -0.05) is 41.9 Å². The van der Waals surface area contributed by atoms with Gasteiger partial charge in [-0.2, -0.15) is 0 Å². The second-order valence-corrected chi connectivity index (χ2v) is 4.05. The van der Waals surface area contributed by atoms with Crippen LogP contribution in [0.25, 0.3) is 22.2 Å². The van der Waals surface area contributed by atoms with E-state index in [1.807, 2.05) is 30.3 Å². The van der Waals surface area contributed by atoms with E-state index in [2.05, 4.69) is 15.2 Å². The highest BCUT2D eigenvalue weighted by molar-refractivity contribution is 6.30. The highest BCUT2D eigenvalue weighted by atomic mass is 35.5. The van der Waals surface area contributed by atoms with Crippen molar-refractivity contribution in [1.29, 1.82) is 0 Å². The van der Waals surface area contributed by atoms with Gasteiger partial charge in [0.2, 0.25) is 0 Å². The minimum absolute atomic E-state index is 0.192. The summed E-state index contributed by atoms with van der Waals surface area (Å²) in [5, 5.41) is 6.10. The highest BCUT2D eigenvalue weighted by Crippen LogP contribution is 2.26. The van der Waals surface area contributed by atoms with Crippen molar-refractivity contribution in [2.75, 3.05) is 0 Å². The Balaban J connectivity index is 2.43. The standard InChI is InChI=1S/C12H8ClN3O/c13-9-6-8(7-4-2-1-3-5-7)10-11(14-9)15-16-12(10)17/h1-6H,(H2,14,15,16,17). The van der Waals surface area contributed by atoms with Crippen molar-refractivity contribution in [3.63, 3.8) is 0 Å². The monoisotopic (exact) mass is 245 g/mol. The lowest BCUT2D eigenvalue weighted by Gasteiger charge is -2.02. The third-order valence-corrected chi connectivity index (χ3v) is 2.79. The van der Waals surface area contributed by atoms with E-state index in [4.69, 9.17) is 11.6 Å². The number of aromatic nitrogens is 3. The number of pyridine rings is 1. The molecule has 5 heteroatoms. The van der Waals surface area contributed by atoms with Crippen molar-refractivity contribution in [3.8, 4) is 11.1 Å². The molecule has 2 N–H and O–H groups in total. The number of rotatable bonds is 1. The number of aromatic amines is 2. The predicted molar refractivity (Wildman–Crippen MR) is 67.2 cm³/mol. The lowest BCUT2D eigenvalue weighted by Crippen LogP contribution is -1.99. The molecule has 2 aromatic heterocycles. The van der Waals surface area contributed by atoms with Gasteiger partial charge in [-0.25, -0.2) is 4.98 Å². The van der Waals surface area contributed by atoms with Gasteiger partial charge in [-0.15, -0.1) is 0 Å². The Labute approximate surface area is 101 Å². The molecule has 0 saturated heterocycles. The zero-order valence-corrected chi connectivity index (χ0v) is 9.45. The third-order valence-electron chi connectivity index (χ3n) is 2.59. The summed E-state index contributed by atoms with van der Waals surface area (Å²) in [6, 6.07) is 11.3. The van der Waals surface area contributed by atoms with Crippen LogP contribution >= 0.6 is 11.6 Å². The zero-order chi connectivity index (χ0) is 11.8. The Hall–Kier alpha value is -2.07. The molecule has 0 aliphatic rings. The van der Waals surface area contributed by atoms with Crippen LogP contribution in [0.2, 0.25) is 5.15 Å². The Morgan fingerprint density at radius 3 is 2.65 bits per heavy atom. The van der Waals surface area contributed by atoms with E-state index in [1.165, 1.54) is 0 Å². The van der Waals surface area contributed by atoms with Gasteiger partial charge < -0.3 is 0 Å². The summed E-state index contributed by atoms with van der Waals surface area (Å²) in [6.07, 6.45) is 0. The fourth-order valence-corrected chi connectivity index (χ4v) is 2.05. The lowest BCUT2D eigenvalue weighted by atomic mass is 10.0. The molecule has 0 saturated carbocycles. The van der Waals surface area contributed by atoms with Crippen LogP contribution in [0.3, 0.4) is 0 Å². The average Bonchev–Trinajstić information content (AvgIpc) is 2.71. The fourth-order valence-electron chi connectivity index (χ4n) is 1.86. The van der Waals surface area contributed by atoms with Crippen LogP contribution in [-0.2, 0) is 0 Å². The molecule has 4 nitrogen and oxygen atoms in total. The molecular formula is C12H8ClN3O. The molecule has 0 fully saturated rings. The summed E-state index contributed by atoms with van der Waals surface area (Å²) in [6.45, 7) is 0. The zero-order valence-electron chi connectivity index (χ0n) is 8.70. The summed E-state index contributed by atoms with van der Waals surface area (Å²) in [5.74, 6) is 0. The molecular weight excluding hydrogens is 238 g/mol. The fraction of sp³-hybridized carbons (Fsp3) is 0. The van der Waals surface area contributed by atoms with E-state index in [1.54, 1.807) is 6.07 Å². The first-order valence-corrected chi connectivity index (χ1v) is 5.46. The van der Waals surface area contributed by atoms with E-state index in [-0.39, 0.29) is 5.56 Å². The molecule has 0 unspecified atom stereocenters. The van der Waals surface area contributed by atoms with Crippen LogP contribution in [0.4, 0.5) is 0 Å². The SMILES string of the molecule is O=c1[nH][nH]c2nc(Cl)cc(-c3ccccc3)c12. The number of hydrogen-bond acceptors (Lipinski definition) is 2. The summed E-state index contributed by atoms with van der Waals surface area (Å²) in [7, 11) is 0. The first-order valence-electron chi connectivity index (χ1n) is 5.08. The van der Waals surface area contributed by atoms with E-state index in [0.717, 1.165) is 11.1 Å². The van der Waals surface area contributed by atoms with Crippen molar-refractivity contribution in [2.45, 2.75) is 0 Å². The summed E-state index contributed by atoms with van der Waals surface area (Å²) < 4.78 is 0. The summed E-state index contributed by atoms with van der Waals surface area (Å²) in [4.78, 5) is 15.8. The van der Waals surface area contributed by atoms with Crippen LogP contribution < -0.4 is 5.56 Å². The summed E-state index contributed by atoms with van der Waals surface area (Å²) in [5.41, 5.74) is 2.00. The molecule has 0 atom stereocenters. The molecule has 0 aliphatic heterocycles. The van der Waals surface area contributed by atoms with Gasteiger partial charge in [0, 0.05) is 5.56 Å². The molecule has 0 amide bonds. The van der Waals surface area contributed by atoms with Crippen LogP contribution in [-0.4, -0.2) is 15.2 Å². The molecule has 2 heterocycles. The first-order chi connectivity index (χ1) is 8.25. The van der Waals surface area contributed by atoms with E-state index in [9.17, 15) is 4.79 Å². The Kier molecular flexibility index (Phi) is 2.23. The van der Waals surface area contributed by atoms with Crippen molar-refractivity contribution in [1.82, 2.24) is 15.2 Å². The molecule has 0 bridgehead atoms. The number of benzene rings is 1. The van der Waals surface area contributed by atoms with Gasteiger partial charge in [0.05, 0.1) is 5.39 Å². The first kappa shape index (κ1) is 10.1. The van der Waals surface area contributed by atoms with Gasteiger partial charge >= 0.3 is 0 Å². The number of halogens is 1.